The predicted octanol–water partition coefficient (Wildman–Crippen LogP) is 3.26. The summed E-state index contributed by atoms with van der Waals surface area (Å²) in [6.07, 6.45) is 6.42. The standard InChI is InChI=1S/C18H19N3O2/c1-2-12-7-9-13(10-8-12)20-17(22)16-11-19-14-5-3-4-6-15(14)21(16)18(20)23/h7-11,16H,2-6H2,1H3. The van der Waals surface area contributed by atoms with Crippen LogP contribution in [-0.2, 0) is 11.2 Å². The molecular weight excluding hydrogens is 290 g/mol. The summed E-state index contributed by atoms with van der Waals surface area (Å²) >= 11 is 0. The summed E-state index contributed by atoms with van der Waals surface area (Å²) < 4.78 is 0. The number of hydrogen-bond acceptors (Lipinski definition) is 3. The molecule has 3 amide bonds. The summed E-state index contributed by atoms with van der Waals surface area (Å²) in [5.41, 5.74) is 3.73. The van der Waals surface area contributed by atoms with Gasteiger partial charge in [-0.3, -0.25) is 14.7 Å². The van der Waals surface area contributed by atoms with Crippen LogP contribution in [0.5, 0.6) is 0 Å². The highest BCUT2D eigenvalue weighted by Crippen LogP contribution is 2.37. The lowest BCUT2D eigenvalue weighted by Gasteiger charge is -2.30. The molecule has 0 N–H and O–H groups in total. The summed E-state index contributed by atoms with van der Waals surface area (Å²) in [5, 5.41) is 0. The number of allylic oxidation sites excluding steroid dienone is 2. The van der Waals surface area contributed by atoms with Crippen LogP contribution in [0.15, 0.2) is 40.7 Å². The minimum Gasteiger partial charge on any atom is -0.278 e. The highest BCUT2D eigenvalue weighted by Gasteiger charge is 2.48. The number of imide groups is 1. The van der Waals surface area contributed by atoms with Crippen molar-refractivity contribution < 1.29 is 9.59 Å². The first-order valence-corrected chi connectivity index (χ1v) is 8.23. The molecule has 1 unspecified atom stereocenters. The van der Waals surface area contributed by atoms with Crippen molar-refractivity contribution in [3.63, 3.8) is 0 Å². The van der Waals surface area contributed by atoms with E-state index in [9.17, 15) is 9.59 Å². The summed E-state index contributed by atoms with van der Waals surface area (Å²) in [7, 11) is 0. The molecule has 1 saturated heterocycles. The van der Waals surface area contributed by atoms with Gasteiger partial charge in [0.05, 0.1) is 11.4 Å². The molecule has 1 aliphatic carbocycles. The van der Waals surface area contributed by atoms with Crippen LogP contribution >= 0.6 is 0 Å². The Kier molecular flexibility index (Phi) is 3.29. The maximum absolute atomic E-state index is 12.9. The van der Waals surface area contributed by atoms with Crippen LogP contribution in [0.3, 0.4) is 0 Å². The molecule has 2 aliphatic heterocycles. The van der Waals surface area contributed by atoms with E-state index in [1.807, 2.05) is 24.3 Å². The van der Waals surface area contributed by atoms with Gasteiger partial charge in [0.15, 0.2) is 6.04 Å². The quantitative estimate of drug-likeness (QED) is 0.787. The van der Waals surface area contributed by atoms with Crippen molar-refractivity contribution in [1.82, 2.24) is 4.90 Å². The molecular formula is C18H19N3O2. The van der Waals surface area contributed by atoms with Crippen LogP contribution in [0.4, 0.5) is 10.5 Å². The van der Waals surface area contributed by atoms with Gasteiger partial charge in [0, 0.05) is 11.9 Å². The Hall–Kier alpha value is -2.43. The van der Waals surface area contributed by atoms with E-state index in [-0.39, 0.29) is 11.9 Å². The van der Waals surface area contributed by atoms with Gasteiger partial charge in [0.2, 0.25) is 0 Å². The molecule has 5 nitrogen and oxygen atoms in total. The lowest BCUT2D eigenvalue weighted by molar-refractivity contribution is -0.117. The number of carbonyl (C=O) groups excluding carboxylic acids is 2. The molecule has 5 heteroatoms. The van der Waals surface area contributed by atoms with Crippen LogP contribution in [0.1, 0.15) is 38.2 Å². The number of urea groups is 1. The zero-order valence-electron chi connectivity index (χ0n) is 13.2. The van der Waals surface area contributed by atoms with E-state index in [1.165, 1.54) is 10.5 Å². The fraction of sp³-hybridized carbons (Fsp3) is 0.389. The third kappa shape index (κ3) is 2.11. The maximum atomic E-state index is 12.9. The smallest absolute Gasteiger partial charge is 0.278 e. The highest BCUT2D eigenvalue weighted by molar-refractivity contribution is 6.27. The van der Waals surface area contributed by atoms with E-state index in [0.717, 1.165) is 43.5 Å². The Bertz CT molecular complexity index is 733. The van der Waals surface area contributed by atoms with E-state index in [1.54, 1.807) is 11.1 Å². The van der Waals surface area contributed by atoms with Crippen molar-refractivity contribution in [3.05, 3.63) is 41.2 Å². The molecule has 3 aliphatic rings. The average molecular weight is 309 g/mol. The molecule has 1 aromatic carbocycles. The number of aliphatic imine (C=N–C) groups is 1. The molecule has 2 heterocycles. The van der Waals surface area contributed by atoms with Gasteiger partial charge >= 0.3 is 6.03 Å². The number of hydrogen-bond donors (Lipinski definition) is 0. The minimum absolute atomic E-state index is 0.208. The fourth-order valence-corrected chi connectivity index (χ4v) is 3.53. The number of anilines is 1. The van der Waals surface area contributed by atoms with E-state index in [4.69, 9.17) is 0 Å². The second-order valence-corrected chi connectivity index (χ2v) is 6.17. The van der Waals surface area contributed by atoms with Gasteiger partial charge in [0.1, 0.15) is 0 Å². The van der Waals surface area contributed by atoms with Crippen LogP contribution in [0, 0.1) is 0 Å². The molecule has 23 heavy (non-hydrogen) atoms. The van der Waals surface area contributed by atoms with Gasteiger partial charge in [-0.15, -0.1) is 0 Å². The Balaban J connectivity index is 1.71. The average Bonchev–Trinajstić information content (AvgIpc) is 2.86. The number of benzene rings is 1. The van der Waals surface area contributed by atoms with E-state index in [2.05, 4.69) is 11.9 Å². The van der Waals surface area contributed by atoms with Crippen LogP contribution in [-0.4, -0.2) is 29.1 Å². The minimum atomic E-state index is -0.579. The normalized spacial score (nSPS) is 23.4. The van der Waals surface area contributed by atoms with Gasteiger partial charge in [0.25, 0.3) is 5.91 Å². The summed E-state index contributed by atoms with van der Waals surface area (Å²) in [4.78, 5) is 33.0. The van der Waals surface area contributed by atoms with Gasteiger partial charge in [-0.1, -0.05) is 19.1 Å². The Morgan fingerprint density at radius 2 is 1.87 bits per heavy atom. The van der Waals surface area contributed by atoms with E-state index < -0.39 is 6.04 Å². The second kappa shape index (κ2) is 5.33. The number of aryl methyl sites for hydroxylation is 1. The first-order chi connectivity index (χ1) is 11.2. The number of rotatable bonds is 2. The Morgan fingerprint density at radius 3 is 2.61 bits per heavy atom. The first kappa shape index (κ1) is 14.2. The first-order valence-electron chi connectivity index (χ1n) is 8.23. The molecule has 0 radical (unpaired) electrons. The van der Waals surface area contributed by atoms with Crippen molar-refractivity contribution in [2.45, 2.75) is 45.1 Å². The lowest BCUT2D eigenvalue weighted by Crippen LogP contribution is -2.39. The zero-order valence-corrected chi connectivity index (χ0v) is 13.2. The summed E-state index contributed by atoms with van der Waals surface area (Å²) in [6, 6.07) is 6.80. The maximum Gasteiger partial charge on any atom is 0.336 e. The summed E-state index contributed by atoms with van der Waals surface area (Å²) in [6.45, 7) is 2.08. The van der Waals surface area contributed by atoms with Crippen molar-refractivity contribution >= 4 is 23.8 Å². The SMILES string of the molecule is CCc1ccc(N2C(=O)C3C=NC4=C(CCCC4)N3C2=O)cc1. The molecule has 1 atom stereocenters. The number of amides is 3. The molecule has 0 aromatic heterocycles. The van der Waals surface area contributed by atoms with Gasteiger partial charge in [-0.2, -0.15) is 0 Å². The third-order valence-corrected chi connectivity index (χ3v) is 4.82. The van der Waals surface area contributed by atoms with Crippen molar-refractivity contribution in [2.75, 3.05) is 4.90 Å². The van der Waals surface area contributed by atoms with Crippen molar-refractivity contribution in [2.24, 2.45) is 4.99 Å². The van der Waals surface area contributed by atoms with Crippen molar-refractivity contribution in [1.29, 1.82) is 0 Å². The van der Waals surface area contributed by atoms with Crippen LogP contribution in [0.2, 0.25) is 0 Å². The van der Waals surface area contributed by atoms with E-state index >= 15 is 0 Å². The molecule has 0 bridgehead atoms. The number of carbonyl (C=O) groups is 2. The molecule has 1 fully saturated rings. The van der Waals surface area contributed by atoms with Gasteiger partial charge in [-0.25, -0.2) is 9.69 Å². The Morgan fingerprint density at radius 1 is 1.13 bits per heavy atom. The van der Waals surface area contributed by atoms with Gasteiger partial charge < -0.3 is 0 Å². The van der Waals surface area contributed by atoms with Crippen molar-refractivity contribution in [3.8, 4) is 0 Å². The zero-order chi connectivity index (χ0) is 16.0. The third-order valence-electron chi connectivity index (χ3n) is 4.82. The van der Waals surface area contributed by atoms with E-state index in [0.29, 0.717) is 5.69 Å². The van der Waals surface area contributed by atoms with Gasteiger partial charge in [-0.05, 0) is 49.8 Å². The largest absolute Gasteiger partial charge is 0.336 e. The highest BCUT2D eigenvalue weighted by atomic mass is 16.2. The van der Waals surface area contributed by atoms with Crippen LogP contribution in [0.25, 0.3) is 0 Å². The molecule has 118 valence electrons. The monoisotopic (exact) mass is 309 g/mol. The molecule has 1 aromatic rings. The second-order valence-electron chi connectivity index (χ2n) is 6.17. The lowest BCUT2D eigenvalue weighted by atomic mass is 9.98. The number of fused-ring (bicyclic) bond motifs is 2. The van der Waals surface area contributed by atoms with Crippen LogP contribution < -0.4 is 4.90 Å². The molecule has 4 rings (SSSR count). The molecule has 0 saturated carbocycles. The predicted molar refractivity (Wildman–Crippen MR) is 88.3 cm³/mol. The fourth-order valence-electron chi connectivity index (χ4n) is 3.53. The molecule has 0 spiro atoms. The number of nitrogens with zero attached hydrogens (tertiary/aromatic N) is 3. The Labute approximate surface area is 135 Å². The topological polar surface area (TPSA) is 53.0 Å². The summed E-state index contributed by atoms with van der Waals surface area (Å²) in [5.74, 6) is -0.208.